The molecule has 1 saturated heterocycles. The Bertz CT molecular complexity index is 633. The van der Waals surface area contributed by atoms with Gasteiger partial charge < -0.3 is 9.84 Å². The zero-order valence-electron chi connectivity index (χ0n) is 10.9. The van der Waals surface area contributed by atoms with Crippen LogP contribution in [0.3, 0.4) is 0 Å². The predicted molar refractivity (Wildman–Crippen MR) is 98.1 cm³/mol. The number of phenolic OH excluding ortho intramolecular Hbond substituents is 1. The number of hydrogen-bond donors (Lipinski definition) is 1. The molecular formula is C13H11I2NO4S. The quantitative estimate of drug-likeness (QED) is 0.478. The van der Waals surface area contributed by atoms with Crippen molar-refractivity contribution in [1.29, 1.82) is 0 Å². The second-order valence-electron chi connectivity index (χ2n) is 4.15. The Morgan fingerprint density at radius 2 is 2.10 bits per heavy atom. The van der Waals surface area contributed by atoms with Crippen molar-refractivity contribution in [3.05, 3.63) is 29.7 Å². The maximum atomic E-state index is 12.2. The summed E-state index contributed by atoms with van der Waals surface area (Å²) in [5.41, 5.74) is 0.531. The number of imide groups is 1. The summed E-state index contributed by atoms with van der Waals surface area (Å²) in [6, 6.07) is 3.60. The lowest BCUT2D eigenvalue weighted by atomic mass is 10.2. The third-order valence-corrected chi connectivity index (χ3v) is 5.09. The van der Waals surface area contributed by atoms with Crippen molar-refractivity contribution in [2.45, 2.75) is 0 Å². The maximum Gasteiger partial charge on any atom is 0.293 e. The molecule has 1 aliphatic heterocycles. The van der Waals surface area contributed by atoms with Crippen LogP contribution in [0.25, 0.3) is 6.08 Å². The second-order valence-corrected chi connectivity index (χ2v) is 7.55. The van der Waals surface area contributed by atoms with E-state index in [-0.39, 0.29) is 23.4 Å². The van der Waals surface area contributed by atoms with Crippen LogP contribution < -0.4 is 0 Å². The van der Waals surface area contributed by atoms with E-state index in [1.807, 2.05) is 28.7 Å². The third-order valence-electron chi connectivity index (χ3n) is 2.74. The van der Waals surface area contributed by atoms with Crippen molar-refractivity contribution in [3.8, 4) is 5.75 Å². The van der Waals surface area contributed by atoms with Gasteiger partial charge in [0.05, 0.1) is 21.6 Å². The first-order chi connectivity index (χ1) is 9.93. The summed E-state index contributed by atoms with van der Waals surface area (Å²) in [6.45, 7) is 0.534. The van der Waals surface area contributed by atoms with Crippen LogP contribution in [0.5, 0.6) is 5.75 Å². The van der Waals surface area contributed by atoms with Crippen molar-refractivity contribution in [2.24, 2.45) is 0 Å². The van der Waals surface area contributed by atoms with Crippen LogP contribution in [0, 0.1) is 7.14 Å². The summed E-state index contributed by atoms with van der Waals surface area (Å²) in [7, 11) is 1.51. The highest BCUT2D eigenvalue weighted by Crippen LogP contribution is 2.35. The number of nitrogens with zero attached hydrogens (tertiary/aromatic N) is 1. The summed E-state index contributed by atoms with van der Waals surface area (Å²) in [4.78, 5) is 25.5. The molecule has 0 saturated carbocycles. The molecule has 1 aromatic carbocycles. The van der Waals surface area contributed by atoms with Crippen LogP contribution >= 0.6 is 56.9 Å². The smallest absolute Gasteiger partial charge is 0.293 e. The van der Waals surface area contributed by atoms with Gasteiger partial charge in [-0.25, -0.2) is 0 Å². The molecule has 1 aliphatic rings. The number of methoxy groups -OCH3 is 1. The summed E-state index contributed by atoms with van der Waals surface area (Å²) in [5, 5.41) is 9.73. The van der Waals surface area contributed by atoms with Crippen LogP contribution in [0.4, 0.5) is 4.79 Å². The minimum Gasteiger partial charge on any atom is -0.506 e. The molecule has 0 aliphatic carbocycles. The van der Waals surface area contributed by atoms with Gasteiger partial charge in [0.25, 0.3) is 11.1 Å². The number of carbonyl (C=O) groups is 2. The summed E-state index contributed by atoms with van der Waals surface area (Å²) in [5.74, 6) is -0.241. The normalized spacial score (nSPS) is 17.1. The molecule has 0 unspecified atom stereocenters. The minimum absolute atomic E-state index is 0.111. The Morgan fingerprint density at radius 3 is 2.76 bits per heavy atom. The zero-order valence-corrected chi connectivity index (χ0v) is 16.1. The highest BCUT2D eigenvalue weighted by Gasteiger charge is 2.34. The van der Waals surface area contributed by atoms with Gasteiger partial charge >= 0.3 is 0 Å². The van der Waals surface area contributed by atoms with Crippen molar-refractivity contribution >= 4 is 74.2 Å². The standard InChI is InChI=1S/C13H11I2NO4S/c1-20-3-2-16-12(18)10(21-13(16)19)5-7-4-8(14)6-9(15)11(7)17/h4-6,17H,2-3H2,1H3/b10-5+. The predicted octanol–water partition coefficient (Wildman–Crippen LogP) is 3.28. The first-order valence-corrected chi connectivity index (χ1v) is 8.83. The molecule has 5 nitrogen and oxygen atoms in total. The molecule has 1 aromatic rings. The number of thioether (sulfide) groups is 1. The first-order valence-electron chi connectivity index (χ1n) is 5.86. The van der Waals surface area contributed by atoms with E-state index in [2.05, 4.69) is 22.6 Å². The Labute approximate surface area is 153 Å². The lowest BCUT2D eigenvalue weighted by Crippen LogP contribution is -2.31. The number of benzene rings is 1. The monoisotopic (exact) mass is 531 g/mol. The molecule has 1 heterocycles. The van der Waals surface area contributed by atoms with Crippen molar-refractivity contribution in [3.63, 3.8) is 0 Å². The van der Waals surface area contributed by atoms with E-state index in [0.717, 1.165) is 20.2 Å². The number of aromatic hydroxyl groups is 1. The van der Waals surface area contributed by atoms with Gasteiger partial charge in [0.2, 0.25) is 0 Å². The van der Waals surface area contributed by atoms with E-state index in [1.165, 1.54) is 7.11 Å². The van der Waals surface area contributed by atoms with Gasteiger partial charge in [-0.2, -0.15) is 0 Å². The van der Waals surface area contributed by atoms with Crippen LogP contribution in [0.15, 0.2) is 17.0 Å². The molecule has 2 amide bonds. The zero-order chi connectivity index (χ0) is 15.6. The fraction of sp³-hybridized carbons (Fsp3) is 0.231. The average Bonchev–Trinajstić information content (AvgIpc) is 2.68. The number of halogens is 2. The SMILES string of the molecule is COCCN1C(=O)S/C(=C/c2cc(I)cc(I)c2O)C1=O. The molecule has 21 heavy (non-hydrogen) atoms. The largest absolute Gasteiger partial charge is 0.506 e. The van der Waals surface area contributed by atoms with E-state index >= 15 is 0 Å². The van der Waals surface area contributed by atoms with Gasteiger partial charge in [-0.1, -0.05) is 0 Å². The average molecular weight is 531 g/mol. The molecule has 0 radical (unpaired) electrons. The van der Waals surface area contributed by atoms with Gasteiger partial charge in [-0.15, -0.1) is 0 Å². The minimum atomic E-state index is -0.352. The number of amides is 2. The lowest BCUT2D eigenvalue weighted by molar-refractivity contribution is -0.123. The number of phenols is 1. The van der Waals surface area contributed by atoms with Crippen molar-refractivity contribution in [2.75, 3.05) is 20.3 Å². The summed E-state index contributed by atoms with van der Waals surface area (Å²) < 4.78 is 6.53. The molecule has 1 fully saturated rings. The van der Waals surface area contributed by atoms with Gasteiger partial charge in [0, 0.05) is 16.2 Å². The van der Waals surface area contributed by atoms with Crippen molar-refractivity contribution in [1.82, 2.24) is 4.90 Å². The number of rotatable bonds is 4. The molecule has 0 spiro atoms. The summed E-state index contributed by atoms with van der Waals surface area (Å²) in [6.07, 6.45) is 1.55. The molecule has 0 atom stereocenters. The Morgan fingerprint density at radius 1 is 1.38 bits per heavy atom. The fourth-order valence-electron chi connectivity index (χ4n) is 1.71. The van der Waals surface area contributed by atoms with Crippen LogP contribution in [-0.2, 0) is 9.53 Å². The van der Waals surface area contributed by atoms with E-state index in [0.29, 0.717) is 20.6 Å². The van der Waals surface area contributed by atoms with Gasteiger partial charge in [-0.05, 0) is 75.2 Å². The third kappa shape index (κ3) is 3.90. The Kier molecular flexibility index (Phi) is 5.91. The molecule has 2 rings (SSSR count). The molecule has 1 N–H and O–H groups in total. The Hall–Kier alpha value is -0.330. The number of hydrogen-bond acceptors (Lipinski definition) is 5. The van der Waals surface area contributed by atoms with Crippen LogP contribution in [0.2, 0.25) is 0 Å². The maximum absolute atomic E-state index is 12.2. The van der Waals surface area contributed by atoms with E-state index < -0.39 is 0 Å². The molecule has 0 bridgehead atoms. The van der Waals surface area contributed by atoms with Gasteiger partial charge in [0.1, 0.15) is 5.75 Å². The molecule has 0 aromatic heterocycles. The molecule has 112 valence electrons. The highest BCUT2D eigenvalue weighted by atomic mass is 127. The topological polar surface area (TPSA) is 66.8 Å². The highest BCUT2D eigenvalue weighted by molar-refractivity contribution is 14.1. The lowest BCUT2D eigenvalue weighted by Gasteiger charge is -2.10. The second kappa shape index (κ2) is 7.29. The van der Waals surface area contributed by atoms with E-state index in [1.54, 1.807) is 12.1 Å². The van der Waals surface area contributed by atoms with Gasteiger partial charge in [0.15, 0.2) is 0 Å². The molecular weight excluding hydrogens is 520 g/mol. The van der Waals surface area contributed by atoms with Crippen LogP contribution in [0.1, 0.15) is 5.56 Å². The number of carbonyl (C=O) groups excluding carboxylic acids is 2. The Balaban J connectivity index is 2.31. The molecule has 8 heteroatoms. The van der Waals surface area contributed by atoms with Crippen molar-refractivity contribution < 1.29 is 19.4 Å². The van der Waals surface area contributed by atoms with E-state index in [4.69, 9.17) is 4.74 Å². The van der Waals surface area contributed by atoms with Gasteiger partial charge in [-0.3, -0.25) is 14.5 Å². The van der Waals surface area contributed by atoms with Crippen LogP contribution in [-0.4, -0.2) is 41.4 Å². The first kappa shape index (κ1) is 17.0. The van der Waals surface area contributed by atoms with E-state index in [9.17, 15) is 14.7 Å². The summed E-state index contributed by atoms with van der Waals surface area (Å²) >= 11 is 5.03. The fourth-order valence-corrected chi connectivity index (χ4v) is 4.46. The number of ether oxygens (including phenoxy) is 1.